The average Bonchev–Trinajstić information content (AvgIpc) is 3.41. The molecule has 1 aromatic carbocycles. The minimum absolute atomic E-state index is 0.0323. The van der Waals surface area contributed by atoms with Crippen LogP contribution in [0.15, 0.2) is 73.8 Å². The first kappa shape index (κ1) is 18.3. The summed E-state index contributed by atoms with van der Waals surface area (Å²) in [5, 5.41) is 2.46. The second-order valence-electron chi connectivity index (χ2n) is 6.48. The van der Waals surface area contributed by atoms with Gasteiger partial charge in [0.05, 0.1) is 24.7 Å². The zero-order valence-electron chi connectivity index (χ0n) is 15.4. The Morgan fingerprint density at radius 2 is 2.00 bits per heavy atom. The molecule has 0 aliphatic carbocycles. The van der Waals surface area contributed by atoms with Gasteiger partial charge in [-0.25, -0.2) is 0 Å². The van der Waals surface area contributed by atoms with Crippen LogP contribution in [0, 0.1) is 0 Å². The maximum Gasteiger partial charge on any atom is 0.290 e. The fourth-order valence-electron chi connectivity index (χ4n) is 3.07. The lowest BCUT2D eigenvalue weighted by molar-refractivity contribution is 0.0687. The Balaban J connectivity index is 1.70. The van der Waals surface area contributed by atoms with E-state index in [-0.39, 0.29) is 17.1 Å². The molecule has 0 aliphatic heterocycles. The van der Waals surface area contributed by atoms with Gasteiger partial charge in [0.15, 0.2) is 11.2 Å². The summed E-state index contributed by atoms with van der Waals surface area (Å²) >= 11 is 1.57. The SMILES string of the molecule is CCc1ccc2oc(C(=O)N(Cc3ccco3)Cc3cccs3)cc(=O)c2c1. The van der Waals surface area contributed by atoms with Crippen molar-refractivity contribution in [3.8, 4) is 0 Å². The van der Waals surface area contributed by atoms with E-state index in [0.29, 0.717) is 29.8 Å². The topological polar surface area (TPSA) is 63.7 Å². The lowest BCUT2D eigenvalue weighted by Crippen LogP contribution is -2.30. The van der Waals surface area contributed by atoms with E-state index in [4.69, 9.17) is 8.83 Å². The molecule has 0 fully saturated rings. The number of furan rings is 1. The highest BCUT2D eigenvalue weighted by Crippen LogP contribution is 2.20. The van der Waals surface area contributed by atoms with Crippen molar-refractivity contribution in [2.24, 2.45) is 0 Å². The molecule has 0 unspecified atom stereocenters. The van der Waals surface area contributed by atoms with Gasteiger partial charge in [0.25, 0.3) is 5.91 Å². The van der Waals surface area contributed by atoms with Crippen molar-refractivity contribution in [3.05, 3.63) is 92.4 Å². The maximum absolute atomic E-state index is 13.2. The first-order valence-corrected chi connectivity index (χ1v) is 9.93. The number of thiophene rings is 1. The van der Waals surface area contributed by atoms with Gasteiger partial charge in [-0.2, -0.15) is 0 Å². The molecule has 0 N–H and O–H groups in total. The summed E-state index contributed by atoms with van der Waals surface area (Å²) in [7, 11) is 0. The second kappa shape index (κ2) is 7.86. The Labute approximate surface area is 165 Å². The van der Waals surface area contributed by atoms with E-state index >= 15 is 0 Å². The van der Waals surface area contributed by atoms with Crippen LogP contribution in [0.25, 0.3) is 11.0 Å². The van der Waals surface area contributed by atoms with Crippen molar-refractivity contribution < 1.29 is 13.6 Å². The molecule has 4 aromatic rings. The van der Waals surface area contributed by atoms with Crippen LogP contribution in [-0.2, 0) is 19.5 Å². The van der Waals surface area contributed by atoms with Gasteiger partial charge >= 0.3 is 0 Å². The number of hydrogen-bond acceptors (Lipinski definition) is 5. The first-order chi connectivity index (χ1) is 13.6. The summed E-state index contributed by atoms with van der Waals surface area (Å²) in [6.07, 6.45) is 2.40. The lowest BCUT2D eigenvalue weighted by atomic mass is 10.1. The van der Waals surface area contributed by atoms with Crippen LogP contribution in [0.5, 0.6) is 0 Å². The van der Waals surface area contributed by atoms with Crippen molar-refractivity contribution in [2.45, 2.75) is 26.4 Å². The number of aryl methyl sites for hydroxylation is 1. The standard InChI is InChI=1S/C22H19NO4S/c1-2-15-7-8-20-18(11-15)19(24)12-21(27-20)22(25)23(13-16-5-3-9-26-16)14-17-6-4-10-28-17/h3-12H,2,13-14H2,1H3. The monoisotopic (exact) mass is 393 g/mol. The van der Waals surface area contributed by atoms with Gasteiger partial charge < -0.3 is 13.7 Å². The highest BCUT2D eigenvalue weighted by molar-refractivity contribution is 7.09. The van der Waals surface area contributed by atoms with Crippen LogP contribution in [0.2, 0.25) is 0 Å². The molecule has 1 amide bonds. The van der Waals surface area contributed by atoms with E-state index in [1.807, 2.05) is 42.6 Å². The molecule has 0 saturated heterocycles. The molecule has 3 heterocycles. The second-order valence-corrected chi connectivity index (χ2v) is 7.51. The van der Waals surface area contributed by atoms with Crippen LogP contribution < -0.4 is 5.43 Å². The highest BCUT2D eigenvalue weighted by atomic mass is 32.1. The molecule has 0 spiro atoms. The van der Waals surface area contributed by atoms with Crippen molar-refractivity contribution in [1.82, 2.24) is 4.90 Å². The predicted octanol–water partition coefficient (Wildman–Crippen LogP) is 4.85. The molecule has 142 valence electrons. The molecule has 4 rings (SSSR count). The van der Waals surface area contributed by atoms with Gasteiger partial charge in [0, 0.05) is 10.9 Å². The molecule has 0 atom stereocenters. The molecule has 0 bridgehead atoms. The van der Waals surface area contributed by atoms with Gasteiger partial charge in [-0.3, -0.25) is 9.59 Å². The third-order valence-electron chi connectivity index (χ3n) is 4.55. The maximum atomic E-state index is 13.2. The molecule has 0 radical (unpaired) electrons. The Morgan fingerprint density at radius 3 is 2.71 bits per heavy atom. The van der Waals surface area contributed by atoms with E-state index in [1.165, 1.54) is 6.07 Å². The van der Waals surface area contributed by atoms with Gasteiger partial charge in [-0.15, -0.1) is 11.3 Å². The van der Waals surface area contributed by atoms with Crippen molar-refractivity contribution in [2.75, 3.05) is 0 Å². The third kappa shape index (κ3) is 3.77. The largest absolute Gasteiger partial charge is 0.467 e. The molecular weight excluding hydrogens is 374 g/mol. The number of fused-ring (bicyclic) bond motifs is 1. The third-order valence-corrected chi connectivity index (χ3v) is 5.41. The van der Waals surface area contributed by atoms with E-state index in [0.717, 1.165) is 16.9 Å². The summed E-state index contributed by atoms with van der Waals surface area (Å²) in [6.45, 7) is 2.73. The number of carbonyl (C=O) groups excluding carboxylic acids is 1. The van der Waals surface area contributed by atoms with Crippen LogP contribution >= 0.6 is 11.3 Å². The molecular formula is C22H19NO4S. The summed E-state index contributed by atoms with van der Waals surface area (Å²) in [5.74, 6) is 0.355. The minimum atomic E-state index is -0.344. The quantitative estimate of drug-likeness (QED) is 0.470. The van der Waals surface area contributed by atoms with Gasteiger partial charge in [-0.1, -0.05) is 19.1 Å². The molecule has 6 heteroatoms. The number of nitrogens with zero attached hydrogens (tertiary/aromatic N) is 1. The number of hydrogen-bond donors (Lipinski definition) is 0. The summed E-state index contributed by atoms with van der Waals surface area (Å²) in [5.41, 5.74) is 1.26. The van der Waals surface area contributed by atoms with Crippen LogP contribution in [0.1, 0.15) is 33.7 Å². The van der Waals surface area contributed by atoms with Crippen molar-refractivity contribution in [3.63, 3.8) is 0 Å². The van der Waals surface area contributed by atoms with Crippen molar-refractivity contribution in [1.29, 1.82) is 0 Å². The molecule has 5 nitrogen and oxygen atoms in total. The van der Waals surface area contributed by atoms with Gasteiger partial charge in [0.2, 0.25) is 0 Å². The Morgan fingerprint density at radius 1 is 1.11 bits per heavy atom. The Kier molecular flexibility index (Phi) is 5.12. The predicted molar refractivity (Wildman–Crippen MR) is 108 cm³/mol. The van der Waals surface area contributed by atoms with E-state index < -0.39 is 0 Å². The number of carbonyl (C=O) groups is 1. The summed E-state index contributed by atoms with van der Waals surface area (Å²) in [4.78, 5) is 28.4. The van der Waals surface area contributed by atoms with Crippen LogP contribution in [-0.4, -0.2) is 10.8 Å². The zero-order chi connectivity index (χ0) is 19.5. The molecule has 3 aromatic heterocycles. The fraction of sp³-hybridized carbons (Fsp3) is 0.182. The summed E-state index contributed by atoms with van der Waals surface area (Å²) < 4.78 is 11.2. The fourth-order valence-corrected chi connectivity index (χ4v) is 3.78. The zero-order valence-corrected chi connectivity index (χ0v) is 16.2. The Bertz CT molecular complexity index is 1110. The minimum Gasteiger partial charge on any atom is -0.467 e. The number of amides is 1. The number of rotatable bonds is 6. The smallest absolute Gasteiger partial charge is 0.290 e. The van der Waals surface area contributed by atoms with Crippen LogP contribution in [0.3, 0.4) is 0 Å². The highest BCUT2D eigenvalue weighted by Gasteiger charge is 2.22. The average molecular weight is 393 g/mol. The first-order valence-electron chi connectivity index (χ1n) is 9.05. The normalized spacial score (nSPS) is 11.0. The number of benzene rings is 1. The van der Waals surface area contributed by atoms with Gasteiger partial charge in [-0.05, 0) is 47.7 Å². The molecule has 0 saturated carbocycles. The summed E-state index contributed by atoms with van der Waals surface area (Å²) in [6, 6.07) is 14.3. The van der Waals surface area contributed by atoms with Gasteiger partial charge in [0.1, 0.15) is 11.3 Å². The van der Waals surface area contributed by atoms with E-state index in [1.54, 1.807) is 34.6 Å². The molecule has 0 aliphatic rings. The van der Waals surface area contributed by atoms with E-state index in [9.17, 15) is 9.59 Å². The van der Waals surface area contributed by atoms with E-state index in [2.05, 4.69) is 0 Å². The van der Waals surface area contributed by atoms with Crippen molar-refractivity contribution >= 4 is 28.2 Å². The van der Waals surface area contributed by atoms with Crippen LogP contribution in [0.4, 0.5) is 0 Å². The lowest BCUT2D eigenvalue weighted by Gasteiger charge is -2.20. The molecule has 28 heavy (non-hydrogen) atoms. The Hall–Kier alpha value is -3.12.